The van der Waals surface area contributed by atoms with Crippen LogP contribution in [0.3, 0.4) is 0 Å². The Morgan fingerprint density at radius 3 is 2.58 bits per heavy atom. The zero-order chi connectivity index (χ0) is 22.4. The van der Waals surface area contributed by atoms with Crippen LogP contribution in [-0.2, 0) is 12.0 Å². The lowest BCUT2D eigenvalue weighted by atomic mass is 9.98. The quantitative estimate of drug-likeness (QED) is 0.522. The second-order valence-corrected chi connectivity index (χ2v) is 9.87. The van der Waals surface area contributed by atoms with Crippen LogP contribution in [-0.4, -0.2) is 51.8 Å². The van der Waals surface area contributed by atoms with Gasteiger partial charge in [-0.15, -0.1) is 0 Å². The molecule has 0 radical (unpaired) electrons. The van der Waals surface area contributed by atoms with Crippen LogP contribution in [0.2, 0.25) is 0 Å². The molecule has 7 nitrogen and oxygen atoms in total. The summed E-state index contributed by atoms with van der Waals surface area (Å²) in [6, 6.07) is 18.4. The Kier molecular flexibility index (Phi) is 5.03. The third kappa shape index (κ3) is 4.18. The minimum Gasteiger partial charge on any atom is -0.478 e. The molecule has 3 aromatic rings. The molecule has 170 valence electrons. The largest absolute Gasteiger partial charge is 0.478 e. The van der Waals surface area contributed by atoms with E-state index < -0.39 is 5.97 Å². The Bertz CT molecular complexity index is 1130. The molecule has 2 heterocycles. The molecule has 7 heteroatoms. The van der Waals surface area contributed by atoms with Gasteiger partial charge >= 0.3 is 5.97 Å². The van der Waals surface area contributed by atoms with E-state index in [1.807, 2.05) is 12.1 Å². The molecule has 0 spiro atoms. The molecule has 33 heavy (non-hydrogen) atoms. The third-order valence-electron chi connectivity index (χ3n) is 7.40. The van der Waals surface area contributed by atoms with Gasteiger partial charge in [-0.1, -0.05) is 47.6 Å². The fourth-order valence-corrected chi connectivity index (χ4v) is 4.93. The van der Waals surface area contributed by atoms with Crippen molar-refractivity contribution in [3.63, 3.8) is 0 Å². The number of benzene rings is 2. The number of nitrogens with one attached hydrogen (secondary N) is 1. The number of carboxylic acids is 1. The summed E-state index contributed by atoms with van der Waals surface area (Å²) >= 11 is 0. The maximum atomic E-state index is 11.0. The summed E-state index contributed by atoms with van der Waals surface area (Å²) in [5.41, 5.74) is 2.90. The molecule has 3 fully saturated rings. The molecule has 3 aliphatic rings. The first kappa shape index (κ1) is 20.6. The smallest absolute Gasteiger partial charge is 0.335 e. The fourth-order valence-electron chi connectivity index (χ4n) is 4.93. The fraction of sp³-hybridized carbons (Fsp3) is 0.423. The van der Waals surface area contributed by atoms with Crippen LogP contribution in [0.25, 0.3) is 0 Å². The molecular weight excluding hydrogens is 416 g/mol. The van der Waals surface area contributed by atoms with E-state index in [-0.39, 0.29) is 11.3 Å². The molecule has 0 amide bonds. The van der Waals surface area contributed by atoms with Gasteiger partial charge < -0.3 is 14.9 Å². The third-order valence-corrected chi connectivity index (χ3v) is 7.40. The van der Waals surface area contributed by atoms with E-state index >= 15 is 0 Å². The molecule has 1 aromatic heterocycles. The van der Waals surface area contributed by atoms with Gasteiger partial charge in [0, 0.05) is 43.6 Å². The van der Waals surface area contributed by atoms with Crippen molar-refractivity contribution in [1.29, 1.82) is 0 Å². The Labute approximate surface area is 192 Å². The maximum Gasteiger partial charge on any atom is 0.335 e. The molecule has 2 aliphatic carbocycles. The number of carbonyl (C=O) groups is 1. The van der Waals surface area contributed by atoms with Gasteiger partial charge in [-0.2, -0.15) is 4.98 Å². The van der Waals surface area contributed by atoms with Crippen LogP contribution >= 0.6 is 0 Å². The van der Waals surface area contributed by atoms with E-state index in [9.17, 15) is 4.79 Å². The van der Waals surface area contributed by atoms with Crippen LogP contribution in [0.1, 0.15) is 64.3 Å². The molecule has 0 bridgehead atoms. The number of aromatic nitrogens is 2. The van der Waals surface area contributed by atoms with Crippen molar-refractivity contribution in [3.8, 4) is 0 Å². The summed E-state index contributed by atoms with van der Waals surface area (Å²) < 4.78 is 5.67. The maximum absolute atomic E-state index is 11.0. The highest BCUT2D eigenvalue weighted by Gasteiger charge is 2.50. The van der Waals surface area contributed by atoms with Crippen LogP contribution in [0, 0.1) is 0 Å². The van der Waals surface area contributed by atoms with Gasteiger partial charge in [0.05, 0.1) is 11.5 Å². The second-order valence-electron chi connectivity index (χ2n) is 9.87. The summed E-state index contributed by atoms with van der Waals surface area (Å²) in [6.07, 6.45) is 3.43. The van der Waals surface area contributed by atoms with Crippen molar-refractivity contribution >= 4 is 5.97 Å². The molecular formula is C26H28N4O3. The van der Waals surface area contributed by atoms with Crippen molar-refractivity contribution in [3.05, 3.63) is 83.0 Å². The molecule has 2 atom stereocenters. The van der Waals surface area contributed by atoms with Gasteiger partial charge in [-0.05, 0) is 42.5 Å². The number of hydrogen-bond acceptors (Lipinski definition) is 6. The first-order chi connectivity index (χ1) is 16.1. The van der Waals surface area contributed by atoms with E-state index in [1.165, 1.54) is 12.0 Å². The lowest BCUT2D eigenvalue weighted by Gasteiger charge is -2.37. The first-order valence-corrected chi connectivity index (χ1v) is 11.8. The molecule has 6 rings (SSSR count). The zero-order valence-electron chi connectivity index (χ0n) is 18.5. The standard InChI is InChI=1S/C26H28N4O3/c31-24(32)19-8-6-17(7-9-19)13-30-14-20(15-30)23-28-25(29-33-23)26(10-11-26)16-27-22-12-21(22)18-4-2-1-3-5-18/h1-9,20-22,27H,10-16H2,(H,31,32)/t21-,22+/m1/s1. The van der Waals surface area contributed by atoms with Gasteiger partial charge in [-0.25, -0.2) is 4.79 Å². The van der Waals surface area contributed by atoms with Crippen LogP contribution in [0.15, 0.2) is 59.1 Å². The van der Waals surface area contributed by atoms with E-state index in [0.717, 1.165) is 56.3 Å². The molecule has 0 unspecified atom stereocenters. The highest BCUT2D eigenvalue weighted by molar-refractivity contribution is 5.87. The molecule has 1 aliphatic heterocycles. The molecule has 2 N–H and O–H groups in total. The summed E-state index contributed by atoms with van der Waals surface area (Å²) in [7, 11) is 0. The summed E-state index contributed by atoms with van der Waals surface area (Å²) in [5.74, 6) is 1.63. The second kappa shape index (κ2) is 8.08. The van der Waals surface area contributed by atoms with Gasteiger partial charge in [0.25, 0.3) is 0 Å². The molecule has 1 saturated heterocycles. The minimum absolute atomic E-state index is 0.0426. The SMILES string of the molecule is O=C(O)c1ccc(CN2CC(c3nc(C4(CN[C@H]5C[C@@H]5c5ccccc5)CC4)no3)C2)cc1. The summed E-state index contributed by atoms with van der Waals surface area (Å²) in [4.78, 5) is 18.1. The van der Waals surface area contributed by atoms with Gasteiger partial charge in [-0.3, -0.25) is 4.90 Å². The lowest BCUT2D eigenvalue weighted by molar-refractivity contribution is 0.0696. The number of aromatic carboxylic acids is 1. The van der Waals surface area contributed by atoms with Gasteiger partial charge in [0.15, 0.2) is 5.82 Å². The van der Waals surface area contributed by atoms with Crippen LogP contribution < -0.4 is 5.32 Å². The van der Waals surface area contributed by atoms with E-state index in [1.54, 1.807) is 12.1 Å². The van der Waals surface area contributed by atoms with Crippen molar-refractivity contribution in [2.75, 3.05) is 19.6 Å². The average molecular weight is 445 g/mol. The van der Waals surface area contributed by atoms with Crippen molar-refractivity contribution in [2.45, 2.75) is 49.1 Å². The zero-order valence-corrected chi connectivity index (χ0v) is 18.5. The molecule has 2 aromatic carbocycles. The summed E-state index contributed by atoms with van der Waals surface area (Å²) in [5, 5.41) is 17.1. The highest BCUT2D eigenvalue weighted by Crippen LogP contribution is 2.48. The van der Waals surface area contributed by atoms with Gasteiger partial charge in [0.2, 0.25) is 5.89 Å². The number of nitrogens with zero attached hydrogens (tertiary/aromatic N) is 3. The van der Waals surface area contributed by atoms with E-state index in [0.29, 0.717) is 17.5 Å². The predicted octanol–water partition coefficient (Wildman–Crippen LogP) is 3.54. The Balaban J connectivity index is 0.997. The predicted molar refractivity (Wildman–Crippen MR) is 122 cm³/mol. The normalized spacial score (nSPS) is 23.8. The van der Waals surface area contributed by atoms with E-state index in [4.69, 9.17) is 14.6 Å². The summed E-state index contributed by atoms with van der Waals surface area (Å²) in [6.45, 7) is 3.49. The monoisotopic (exact) mass is 444 g/mol. The minimum atomic E-state index is -0.894. The number of hydrogen-bond donors (Lipinski definition) is 2. The van der Waals surface area contributed by atoms with Crippen molar-refractivity contribution in [1.82, 2.24) is 20.4 Å². The van der Waals surface area contributed by atoms with Crippen molar-refractivity contribution in [2.24, 2.45) is 0 Å². The van der Waals surface area contributed by atoms with Crippen LogP contribution in [0.5, 0.6) is 0 Å². The lowest BCUT2D eigenvalue weighted by Crippen LogP contribution is -2.44. The Hall–Kier alpha value is -3.03. The average Bonchev–Trinajstić information content (AvgIpc) is 3.72. The number of likely N-dealkylation sites (tertiary alicyclic amines) is 1. The molecule has 2 saturated carbocycles. The first-order valence-electron chi connectivity index (χ1n) is 11.8. The van der Waals surface area contributed by atoms with Crippen LogP contribution in [0.4, 0.5) is 0 Å². The highest BCUT2D eigenvalue weighted by atomic mass is 16.5. The topological polar surface area (TPSA) is 91.5 Å². The van der Waals surface area contributed by atoms with E-state index in [2.05, 4.69) is 45.7 Å². The Morgan fingerprint density at radius 2 is 1.88 bits per heavy atom. The Morgan fingerprint density at radius 1 is 1.12 bits per heavy atom. The number of rotatable bonds is 9. The van der Waals surface area contributed by atoms with Gasteiger partial charge in [0.1, 0.15) is 0 Å². The van der Waals surface area contributed by atoms with Crippen molar-refractivity contribution < 1.29 is 14.4 Å². The number of carboxylic acid groups (broad SMARTS) is 1.